The largest absolute Gasteiger partial charge is 0.493 e. The zero-order valence-corrected chi connectivity index (χ0v) is 10.6. The molecule has 0 bridgehead atoms. The van der Waals surface area contributed by atoms with E-state index in [1.54, 1.807) is 0 Å². The van der Waals surface area contributed by atoms with Gasteiger partial charge in [0.25, 0.3) is 0 Å². The van der Waals surface area contributed by atoms with Crippen LogP contribution in [-0.4, -0.2) is 6.61 Å². The normalized spacial score (nSPS) is 22.6. The first kappa shape index (κ1) is 11.5. The fraction of sp³-hybridized carbons (Fsp3) is 0.600. The van der Waals surface area contributed by atoms with Crippen LogP contribution in [0, 0.1) is 18.8 Å². The van der Waals surface area contributed by atoms with Gasteiger partial charge in [0.1, 0.15) is 5.75 Å². The maximum atomic E-state index is 5.79. The van der Waals surface area contributed by atoms with Crippen molar-refractivity contribution in [2.75, 3.05) is 6.61 Å². The quantitative estimate of drug-likeness (QED) is 0.692. The van der Waals surface area contributed by atoms with Crippen molar-refractivity contribution in [1.29, 1.82) is 0 Å². The molecule has 0 spiro atoms. The van der Waals surface area contributed by atoms with Crippen LogP contribution in [0.2, 0.25) is 0 Å². The Hall–Kier alpha value is -0.980. The van der Waals surface area contributed by atoms with Gasteiger partial charge in [-0.2, -0.15) is 0 Å². The summed E-state index contributed by atoms with van der Waals surface area (Å²) in [6.07, 6.45) is 4.09. The van der Waals surface area contributed by atoms with Crippen molar-refractivity contribution >= 4 is 0 Å². The molecule has 1 fully saturated rings. The number of rotatable bonds is 1. The first-order chi connectivity index (χ1) is 7.83. The van der Waals surface area contributed by atoms with Crippen LogP contribution in [-0.2, 0) is 6.42 Å². The molecule has 88 valence electrons. The van der Waals surface area contributed by atoms with E-state index in [9.17, 15) is 0 Å². The zero-order valence-electron chi connectivity index (χ0n) is 10.6. The third-order valence-corrected chi connectivity index (χ3v) is 3.44. The van der Waals surface area contributed by atoms with Crippen molar-refractivity contribution < 1.29 is 4.74 Å². The topological polar surface area (TPSA) is 9.23 Å². The molecule has 1 aromatic rings. The number of hydrogen-bond donors (Lipinski definition) is 0. The van der Waals surface area contributed by atoms with E-state index in [1.165, 1.54) is 30.4 Å². The summed E-state index contributed by atoms with van der Waals surface area (Å²) in [4.78, 5) is 0. The van der Waals surface area contributed by atoms with Crippen molar-refractivity contribution in [2.45, 2.75) is 40.0 Å². The fourth-order valence-corrected chi connectivity index (χ4v) is 2.42. The third-order valence-electron chi connectivity index (χ3n) is 3.44. The lowest BCUT2D eigenvalue weighted by molar-refractivity contribution is 0.205. The van der Waals surface area contributed by atoms with Gasteiger partial charge in [0.05, 0.1) is 6.61 Å². The zero-order chi connectivity index (χ0) is 11.5. The lowest BCUT2D eigenvalue weighted by Crippen LogP contribution is -2.22. The summed E-state index contributed by atoms with van der Waals surface area (Å²) >= 11 is 0. The van der Waals surface area contributed by atoms with Crippen LogP contribution in [0.4, 0.5) is 0 Å². The molecule has 1 nitrogen and oxygen atoms in total. The highest BCUT2D eigenvalue weighted by atomic mass is 16.5. The van der Waals surface area contributed by atoms with Gasteiger partial charge in [-0.1, -0.05) is 31.5 Å². The first-order valence-electron chi connectivity index (χ1n) is 6.55. The molecule has 1 aliphatic carbocycles. The number of hydrogen-bond acceptors (Lipinski definition) is 1. The van der Waals surface area contributed by atoms with Gasteiger partial charge in [0.15, 0.2) is 0 Å². The molecule has 1 unspecified atom stereocenters. The van der Waals surface area contributed by atoms with Gasteiger partial charge in [-0.15, -0.1) is 0 Å². The minimum atomic E-state index is 0.796. The van der Waals surface area contributed by atoms with Gasteiger partial charge < -0.3 is 4.74 Å². The van der Waals surface area contributed by atoms with Crippen molar-refractivity contribution in [2.24, 2.45) is 11.8 Å². The molecule has 3 rings (SSSR count). The molecule has 16 heavy (non-hydrogen) atoms. The summed E-state index contributed by atoms with van der Waals surface area (Å²) in [5, 5.41) is 0. The molecular weight excluding hydrogens is 196 g/mol. The molecule has 1 heterocycles. The second-order valence-electron chi connectivity index (χ2n) is 4.72. The second kappa shape index (κ2) is 4.90. The van der Waals surface area contributed by atoms with Crippen molar-refractivity contribution in [3.8, 4) is 5.75 Å². The fourth-order valence-electron chi connectivity index (χ4n) is 2.42. The van der Waals surface area contributed by atoms with Crippen molar-refractivity contribution in [3.63, 3.8) is 0 Å². The molecule has 0 radical (unpaired) electrons. The Morgan fingerprint density at radius 2 is 1.88 bits per heavy atom. The minimum Gasteiger partial charge on any atom is -0.493 e. The first-order valence-corrected chi connectivity index (χ1v) is 6.55. The summed E-state index contributed by atoms with van der Waals surface area (Å²) in [5.41, 5.74) is 2.77. The molecule has 1 aromatic carbocycles. The lowest BCUT2D eigenvalue weighted by atomic mass is 9.92. The van der Waals surface area contributed by atoms with E-state index in [2.05, 4.69) is 25.1 Å². The van der Waals surface area contributed by atoms with Gasteiger partial charge in [0, 0.05) is 0 Å². The minimum absolute atomic E-state index is 0.796. The summed E-state index contributed by atoms with van der Waals surface area (Å²) in [5.74, 6) is 2.88. The van der Waals surface area contributed by atoms with Gasteiger partial charge in [-0.25, -0.2) is 0 Å². The standard InChI is InChI=1S/C13H16O.C2H6/c1-9-2-5-13-11(6-9)7-12(8-14-13)10-3-4-10;1-2/h2,5-6,10,12H,3-4,7-8H2,1H3;1-2H3. The van der Waals surface area contributed by atoms with Crippen molar-refractivity contribution in [3.05, 3.63) is 29.3 Å². The van der Waals surface area contributed by atoms with Gasteiger partial charge in [-0.05, 0) is 49.7 Å². The Labute approximate surface area is 98.8 Å². The Morgan fingerprint density at radius 1 is 1.12 bits per heavy atom. The van der Waals surface area contributed by atoms with E-state index in [0.29, 0.717) is 0 Å². The van der Waals surface area contributed by atoms with Crippen LogP contribution in [0.1, 0.15) is 37.8 Å². The Morgan fingerprint density at radius 3 is 2.56 bits per heavy atom. The predicted octanol–water partition coefficient (Wildman–Crippen LogP) is 3.98. The maximum absolute atomic E-state index is 5.79. The average molecular weight is 218 g/mol. The number of aryl methyl sites for hydroxylation is 1. The maximum Gasteiger partial charge on any atom is 0.122 e. The Kier molecular flexibility index (Phi) is 3.52. The number of benzene rings is 1. The Bertz CT molecular complexity index is 352. The van der Waals surface area contributed by atoms with E-state index >= 15 is 0 Å². The molecule has 0 aromatic heterocycles. The second-order valence-corrected chi connectivity index (χ2v) is 4.72. The number of fused-ring (bicyclic) bond motifs is 1. The molecule has 1 saturated carbocycles. The van der Waals surface area contributed by atoms with Gasteiger partial charge in [-0.3, -0.25) is 0 Å². The van der Waals surface area contributed by atoms with E-state index in [1.807, 2.05) is 13.8 Å². The highest BCUT2D eigenvalue weighted by molar-refractivity contribution is 5.38. The predicted molar refractivity (Wildman–Crippen MR) is 67.9 cm³/mol. The van der Waals surface area contributed by atoms with E-state index in [4.69, 9.17) is 4.74 Å². The van der Waals surface area contributed by atoms with Crippen LogP contribution in [0.3, 0.4) is 0 Å². The highest BCUT2D eigenvalue weighted by Gasteiger charge is 2.34. The highest BCUT2D eigenvalue weighted by Crippen LogP contribution is 2.42. The molecule has 2 aliphatic rings. The molecule has 0 N–H and O–H groups in total. The van der Waals surface area contributed by atoms with E-state index < -0.39 is 0 Å². The monoisotopic (exact) mass is 218 g/mol. The van der Waals surface area contributed by atoms with E-state index in [-0.39, 0.29) is 0 Å². The summed E-state index contributed by atoms with van der Waals surface area (Å²) in [7, 11) is 0. The van der Waals surface area contributed by atoms with Crippen LogP contribution in [0.5, 0.6) is 5.75 Å². The van der Waals surface area contributed by atoms with Crippen molar-refractivity contribution in [1.82, 2.24) is 0 Å². The van der Waals surface area contributed by atoms with Gasteiger partial charge in [0.2, 0.25) is 0 Å². The van der Waals surface area contributed by atoms with E-state index in [0.717, 1.165) is 24.2 Å². The number of ether oxygens (including phenoxy) is 1. The van der Waals surface area contributed by atoms with Crippen LogP contribution < -0.4 is 4.74 Å². The third kappa shape index (κ3) is 2.40. The summed E-state index contributed by atoms with van der Waals surface area (Å²) in [6.45, 7) is 7.10. The molecule has 0 saturated heterocycles. The smallest absolute Gasteiger partial charge is 0.122 e. The van der Waals surface area contributed by atoms with Crippen LogP contribution in [0.15, 0.2) is 18.2 Å². The van der Waals surface area contributed by atoms with Crippen LogP contribution >= 0.6 is 0 Å². The Balaban J connectivity index is 0.000000457. The van der Waals surface area contributed by atoms with Gasteiger partial charge >= 0.3 is 0 Å². The molecule has 1 atom stereocenters. The van der Waals surface area contributed by atoms with Crippen LogP contribution in [0.25, 0.3) is 0 Å². The molecule has 0 amide bonds. The molecule has 1 aliphatic heterocycles. The summed E-state index contributed by atoms with van der Waals surface area (Å²) < 4.78 is 5.79. The molecular formula is C15H22O. The molecule has 1 heteroatoms. The lowest BCUT2D eigenvalue weighted by Gasteiger charge is -2.25. The average Bonchev–Trinajstić information content (AvgIpc) is 3.14. The SMILES string of the molecule is CC.Cc1ccc2c(c1)CC(C1CC1)CO2. The summed E-state index contributed by atoms with van der Waals surface area (Å²) in [6, 6.07) is 6.54.